The Hall–Kier alpha value is -5.71. The Morgan fingerprint density at radius 1 is 0.538 bits per heavy atom. The molecule has 0 aliphatic carbocycles. The van der Waals surface area contributed by atoms with E-state index in [0.29, 0.717) is 11.6 Å². The summed E-state index contributed by atoms with van der Waals surface area (Å²) in [4.78, 5) is 9.80. The molecule has 1 saturated heterocycles. The van der Waals surface area contributed by atoms with Gasteiger partial charge in [-0.15, -0.1) is 0 Å². The predicted octanol–water partition coefficient (Wildman–Crippen LogP) is 12.7. The maximum atomic E-state index is 9.76. The van der Waals surface area contributed by atoms with Gasteiger partial charge < -0.3 is 15.1 Å². The lowest BCUT2D eigenvalue weighted by molar-refractivity contribution is 1.08. The van der Waals surface area contributed by atoms with Crippen molar-refractivity contribution in [3.8, 4) is 28.3 Å². The Labute approximate surface area is 312 Å². The number of para-hydroxylation sites is 4. The van der Waals surface area contributed by atoms with E-state index in [1.165, 1.54) is 41.8 Å². The fourth-order valence-corrected chi connectivity index (χ4v) is 9.80. The van der Waals surface area contributed by atoms with Crippen LogP contribution >= 0.6 is 23.5 Å². The van der Waals surface area contributed by atoms with E-state index in [-0.39, 0.29) is 0 Å². The molecule has 0 aromatic heterocycles. The summed E-state index contributed by atoms with van der Waals surface area (Å²) in [5, 5.41) is 13.2. The Morgan fingerprint density at radius 3 is 1.31 bits per heavy atom. The molecule has 1 atom stereocenters. The van der Waals surface area contributed by atoms with Crippen molar-refractivity contribution < 1.29 is 0 Å². The summed E-state index contributed by atoms with van der Waals surface area (Å²) >= 11 is 3.65. The lowest BCUT2D eigenvalue weighted by Crippen LogP contribution is -2.20. The Bertz CT molecular complexity index is 2480. The van der Waals surface area contributed by atoms with E-state index >= 15 is 0 Å². The van der Waals surface area contributed by atoms with E-state index in [4.69, 9.17) is 0 Å². The van der Waals surface area contributed by atoms with E-state index in [1.807, 2.05) is 35.7 Å². The number of nitrogens with one attached hydrogen (secondary N) is 1. The number of benzene rings is 7. The third-order valence-corrected chi connectivity index (χ3v) is 12.5. The van der Waals surface area contributed by atoms with Crippen molar-refractivity contribution in [1.29, 1.82) is 5.26 Å². The van der Waals surface area contributed by atoms with E-state index in [0.717, 1.165) is 51.8 Å². The lowest BCUT2D eigenvalue weighted by Gasteiger charge is -2.38. The van der Waals surface area contributed by atoms with Gasteiger partial charge in [0.1, 0.15) is 0 Å². The zero-order valence-electron chi connectivity index (χ0n) is 28.4. The summed E-state index contributed by atoms with van der Waals surface area (Å²) in [6, 6.07) is 57.3. The van der Waals surface area contributed by atoms with Gasteiger partial charge in [-0.05, 0) is 95.9 Å². The van der Waals surface area contributed by atoms with Crippen LogP contribution in [0.1, 0.15) is 22.7 Å². The second-order valence-electron chi connectivity index (χ2n) is 13.3. The van der Waals surface area contributed by atoms with Crippen LogP contribution in [0.5, 0.6) is 0 Å². The summed E-state index contributed by atoms with van der Waals surface area (Å²) in [5.41, 5.74) is 14.5. The molecule has 7 aromatic carbocycles. The normalized spacial score (nSPS) is 15.2. The number of hydrogen-bond acceptors (Lipinski definition) is 6. The summed E-state index contributed by atoms with van der Waals surface area (Å²) < 4.78 is 0. The van der Waals surface area contributed by atoms with Crippen LogP contribution in [0.3, 0.4) is 0 Å². The van der Waals surface area contributed by atoms with Crippen molar-refractivity contribution in [3.05, 3.63) is 168 Å². The summed E-state index contributed by atoms with van der Waals surface area (Å²) in [7, 11) is 0. The summed E-state index contributed by atoms with van der Waals surface area (Å²) in [6.07, 6.45) is 0. The standard InChI is InChI=1S/C46H32N4S2/c1-29-45(32-20-18-30(27-47)19-21-32)39(49-35-10-2-6-14-41(35)51-42-15-7-3-11-36(42)49)26-40(46(29)33-24-22-31(23-25-33)34-28-48-34)50-37-12-4-8-16-43(37)52-44-17-9-5-13-38(44)50/h2-26,34,48H,28H2,1H3. The maximum Gasteiger partial charge on any atom is 0.0991 e. The minimum Gasteiger partial charge on any atom is -0.308 e. The highest BCUT2D eigenvalue weighted by Gasteiger charge is 2.33. The highest BCUT2D eigenvalue weighted by molar-refractivity contribution is 8.00. The Morgan fingerprint density at radius 2 is 0.923 bits per heavy atom. The first-order valence-electron chi connectivity index (χ1n) is 17.5. The van der Waals surface area contributed by atoms with Gasteiger partial charge in [0.15, 0.2) is 0 Å². The molecule has 52 heavy (non-hydrogen) atoms. The smallest absolute Gasteiger partial charge is 0.0991 e. The second kappa shape index (κ2) is 12.5. The average Bonchev–Trinajstić information content (AvgIpc) is 4.05. The molecule has 6 heteroatoms. The second-order valence-corrected chi connectivity index (χ2v) is 15.5. The van der Waals surface area contributed by atoms with Gasteiger partial charge in [0.05, 0.1) is 45.8 Å². The van der Waals surface area contributed by atoms with E-state index < -0.39 is 0 Å². The molecule has 3 aliphatic heterocycles. The fourth-order valence-electron chi connectivity index (χ4n) is 7.68. The van der Waals surface area contributed by atoms with Crippen LogP contribution in [-0.4, -0.2) is 6.54 Å². The number of rotatable bonds is 5. The molecule has 0 bridgehead atoms. The highest BCUT2D eigenvalue weighted by atomic mass is 32.2. The maximum absolute atomic E-state index is 9.76. The third-order valence-electron chi connectivity index (χ3n) is 10.2. The largest absolute Gasteiger partial charge is 0.308 e. The van der Waals surface area contributed by atoms with Crippen LogP contribution < -0.4 is 15.1 Å². The van der Waals surface area contributed by atoms with Crippen LogP contribution in [-0.2, 0) is 0 Å². The minimum absolute atomic E-state index is 0.432. The molecule has 1 fully saturated rings. The van der Waals surface area contributed by atoms with Gasteiger partial charge in [-0.2, -0.15) is 5.26 Å². The predicted molar refractivity (Wildman–Crippen MR) is 215 cm³/mol. The minimum atomic E-state index is 0.432. The molecule has 1 unspecified atom stereocenters. The van der Waals surface area contributed by atoms with Crippen molar-refractivity contribution in [3.63, 3.8) is 0 Å². The zero-order valence-corrected chi connectivity index (χ0v) is 30.0. The van der Waals surface area contributed by atoms with Crippen LogP contribution in [0.2, 0.25) is 0 Å². The molecule has 0 radical (unpaired) electrons. The van der Waals surface area contributed by atoms with Crippen LogP contribution in [0.15, 0.2) is 171 Å². The van der Waals surface area contributed by atoms with Gasteiger partial charge in [-0.1, -0.05) is 108 Å². The molecule has 0 saturated carbocycles. The molecule has 1 N–H and O–H groups in total. The monoisotopic (exact) mass is 704 g/mol. The molecule has 3 heterocycles. The van der Waals surface area contributed by atoms with E-state index in [2.05, 4.69) is 168 Å². The van der Waals surface area contributed by atoms with E-state index in [9.17, 15) is 5.26 Å². The highest BCUT2D eigenvalue weighted by Crippen LogP contribution is 2.59. The van der Waals surface area contributed by atoms with Gasteiger partial charge in [-0.25, -0.2) is 0 Å². The van der Waals surface area contributed by atoms with Crippen LogP contribution in [0.25, 0.3) is 22.3 Å². The van der Waals surface area contributed by atoms with Crippen molar-refractivity contribution in [2.24, 2.45) is 0 Å². The molecule has 4 nitrogen and oxygen atoms in total. The van der Waals surface area contributed by atoms with Gasteiger partial charge in [0, 0.05) is 43.3 Å². The van der Waals surface area contributed by atoms with Gasteiger partial charge in [0.25, 0.3) is 0 Å². The lowest BCUT2D eigenvalue weighted by atomic mass is 9.87. The fraction of sp³-hybridized carbons (Fsp3) is 0.0652. The molecule has 3 aliphatic rings. The third kappa shape index (κ3) is 5.12. The van der Waals surface area contributed by atoms with E-state index in [1.54, 1.807) is 0 Å². The number of hydrogen-bond donors (Lipinski definition) is 1. The number of anilines is 6. The SMILES string of the molecule is Cc1c(-c2ccc(C#N)cc2)c(N2c3ccccc3Sc3ccccc32)cc(N2c3ccccc3Sc3ccccc32)c1-c1ccc(C2CN2)cc1. The average molecular weight is 705 g/mol. The first-order valence-corrected chi connectivity index (χ1v) is 19.1. The van der Waals surface area contributed by atoms with Crippen LogP contribution in [0, 0.1) is 18.3 Å². The van der Waals surface area contributed by atoms with Gasteiger partial charge in [0.2, 0.25) is 0 Å². The van der Waals surface area contributed by atoms with Crippen LogP contribution in [0.4, 0.5) is 34.1 Å². The quantitative estimate of drug-likeness (QED) is 0.180. The first kappa shape index (κ1) is 31.1. The molecule has 0 amide bonds. The first-order chi connectivity index (χ1) is 25.7. The molecule has 248 valence electrons. The topological polar surface area (TPSA) is 52.2 Å². The Balaban J connectivity index is 1.33. The van der Waals surface area contributed by atoms with Crippen molar-refractivity contribution in [1.82, 2.24) is 5.32 Å². The van der Waals surface area contributed by atoms with Crippen molar-refractivity contribution in [2.45, 2.75) is 32.5 Å². The van der Waals surface area contributed by atoms with Crippen molar-refractivity contribution in [2.75, 3.05) is 16.3 Å². The van der Waals surface area contributed by atoms with Gasteiger partial charge >= 0.3 is 0 Å². The number of nitrogens with zero attached hydrogens (tertiary/aromatic N) is 3. The zero-order chi connectivity index (χ0) is 34.8. The summed E-state index contributed by atoms with van der Waals surface area (Å²) in [6.45, 7) is 3.30. The number of fused-ring (bicyclic) bond motifs is 4. The van der Waals surface area contributed by atoms with Gasteiger partial charge in [-0.3, -0.25) is 0 Å². The molecular formula is C46H32N4S2. The molecule has 7 aromatic rings. The molecule has 0 spiro atoms. The Kier molecular flexibility index (Phi) is 7.47. The summed E-state index contributed by atoms with van der Waals surface area (Å²) in [5.74, 6) is 0. The number of nitriles is 1. The molecular weight excluding hydrogens is 673 g/mol. The van der Waals surface area contributed by atoms with Crippen molar-refractivity contribution >= 4 is 57.6 Å². The molecule has 10 rings (SSSR count).